The van der Waals surface area contributed by atoms with Crippen molar-refractivity contribution in [2.45, 2.75) is 6.42 Å². The first kappa shape index (κ1) is 15.4. The van der Waals surface area contributed by atoms with Gasteiger partial charge in [0.1, 0.15) is 0 Å². The maximum atomic E-state index is 11.4. The van der Waals surface area contributed by atoms with Gasteiger partial charge in [0.05, 0.1) is 30.8 Å². The van der Waals surface area contributed by atoms with Crippen molar-refractivity contribution in [3.8, 4) is 0 Å². The molecule has 0 aliphatic carbocycles. The Bertz CT molecular complexity index is 405. The lowest BCUT2D eigenvalue weighted by molar-refractivity contribution is -0.140. The van der Waals surface area contributed by atoms with E-state index in [1.165, 1.54) is 0 Å². The summed E-state index contributed by atoms with van der Waals surface area (Å²) in [4.78, 5) is 33.7. The highest BCUT2D eigenvalue weighted by atomic mass is 16.5. The molecule has 0 aliphatic rings. The molecule has 0 N–H and O–H groups in total. The van der Waals surface area contributed by atoms with E-state index in [-0.39, 0.29) is 5.57 Å². The van der Waals surface area contributed by atoms with E-state index in [2.05, 4.69) is 33.9 Å². The topological polar surface area (TPSA) is 78.9 Å². The molecule has 0 aromatic carbocycles. The second-order valence-electron chi connectivity index (χ2n) is 2.68. The van der Waals surface area contributed by atoms with Crippen LogP contribution in [0.2, 0.25) is 0 Å². The van der Waals surface area contributed by atoms with Gasteiger partial charge in [-0.1, -0.05) is 19.7 Å². The van der Waals surface area contributed by atoms with Crippen LogP contribution in [0.5, 0.6) is 0 Å². The minimum absolute atomic E-state index is 0.242. The van der Waals surface area contributed by atoms with Gasteiger partial charge in [-0.15, -0.1) is 0 Å². The number of esters is 3. The van der Waals surface area contributed by atoms with Gasteiger partial charge in [-0.2, -0.15) is 0 Å². The van der Waals surface area contributed by atoms with Crippen LogP contribution in [-0.4, -0.2) is 17.9 Å². The smallest absolute Gasteiger partial charge is 0.339 e. The first-order valence-corrected chi connectivity index (χ1v) is 4.69. The van der Waals surface area contributed by atoms with Gasteiger partial charge in [0, 0.05) is 6.08 Å². The Morgan fingerprint density at radius 1 is 0.889 bits per heavy atom. The Labute approximate surface area is 104 Å². The molecule has 0 heterocycles. The van der Waals surface area contributed by atoms with Crippen LogP contribution in [0.15, 0.2) is 50.2 Å². The largest absolute Gasteiger partial charge is 0.435 e. The molecule has 0 atom stereocenters. The summed E-state index contributed by atoms with van der Waals surface area (Å²) < 4.78 is 13.3. The minimum Gasteiger partial charge on any atom is -0.435 e. The van der Waals surface area contributed by atoms with Gasteiger partial charge in [-0.25, -0.2) is 9.59 Å². The average molecular weight is 252 g/mol. The number of ether oxygens (including phenoxy) is 3. The molecule has 0 saturated carbocycles. The molecule has 0 aromatic rings. The highest BCUT2D eigenvalue weighted by molar-refractivity contribution is 6.00. The molecule has 0 bridgehead atoms. The summed E-state index contributed by atoms with van der Waals surface area (Å²) in [6.07, 6.45) is 2.99. The van der Waals surface area contributed by atoms with Crippen molar-refractivity contribution < 1.29 is 28.6 Å². The first-order valence-electron chi connectivity index (χ1n) is 4.69. The summed E-state index contributed by atoms with van der Waals surface area (Å²) in [6, 6.07) is 0. The van der Waals surface area contributed by atoms with E-state index in [0.717, 1.165) is 24.9 Å². The molecule has 0 unspecified atom stereocenters. The molecule has 0 aromatic heterocycles. The van der Waals surface area contributed by atoms with E-state index < -0.39 is 24.3 Å². The first-order chi connectivity index (χ1) is 8.54. The third-order valence-corrected chi connectivity index (χ3v) is 1.49. The van der Waals surface area contributed by atoms with E-state index in [1.807, 2.05) is 0 Å². The van der Waals surface area contributed by atoms with E-state index in [9.17, 15) is 14.4 Å². The van der Waals surface area contributed by atoms with Crippen molar-refractivity contribution in [1.29, 1.82) is 0 Å². The zero-order valence-corrected chi connectivity index (χ0v) is 9.59. The molecule has 0 fully saturated rings. The fourth-order valence-electron chi connectivity index (χ4n) is 0.882. The molecule has 0 spiro atoms. The maximum absolute atomic E-state index is 11.4. The number of rotatable bonds is 7. The van der Waals surface area contributed by atoms with Crippen LogP contribution in [0.25, 0.3) is 0 Å². The van der Waals surface area contributed by atoms with E-state index in [1.54, 1.807) is 0 Å². The van der Waals surface area contributed by atoms with Crippen molar-refractivity contribution in [3.63, 3.8) is 0 Å². The third-order valence-electron chi connectivity index (χ3n) is 1.49. The van der Waals surface area contributed by atoms with Crippen LogP contribution in [-0.2, 0) is 28.6 Å². The van der Waals surface area contributed by atoms with Crippen molar-refractivity contribution in [2.75, 3.05) is 0 Å². The fourth-order valence-corrected chi connectivity index (χ4v) is 0.882. The number of hydrogen-bond acceptors (Lipinski definition) is 6. The SMILES string of the molecule is C=COC(=O)/C=C(\CC(=O)OC=C)C(=O)OC=C. The minimum atomic E-state index is -0.910. The summed E-state index contributed by atoms with van der Waals surface area (Å²) in [5, 5.41) is 0. The van der Waals surface area contributed by atoms with Gasteiger partial charge >= 0.3 is 17.9 Å². The molecule has 0 radical (unpaired) electrons. The molecular weight excluding hydrogens is 240 g/mol. The normalized spacial score (nSPS) is 9.89. The number of carbonyl (C=O) groups excluding carboxylic acids is 3. The van der Waals surface area contributed by atoms with E-state index >= 15 is 0 Å². The average Bonchev–Trinajstić information content (AvgIpc) is 2.29. The zero-order valence-electron chi connectivity index (χ0n) is 9.59. The maximum Gasteiger partial charge on any atom is 0.339 e. The molecule has 0 amide bonds. The second kappa shape index (κ2) is 8.51. The van der Waals surface area contributed by atoms with Gasteiger partial charge in [0.15, 0.2) is 0 Å². The summed E-state index contributed by atoms with van der Waals surface area (Å²) in [6.45, 7) is 9.53. The quantitative estimate of drug-likeness (QED) is 0.294. The van der Waals surface area contributed by atoms with Crippen LogP contribution < -0.4 is 0 Å². The van der Waals surface area contributed by atoms with Crippen molar-refractivity contribution in [2.24, 2.45) is 0 Å². The zero-order chi connectivity index (χ0) is 14.0. The number of carbonyl (C=O) groups is 3. The lowest BCUT2D eigenvalue weighted by Crippen LogP contribution is -2.12. The predicted octanol–water partition coefficient (Wildman–Crippen LogP) is 1.36. The lowest BCUT2D eigenvalue weighted by Gasteiger charge is -2.03. The summed E-state index contributed by atoms with van der Waals surface area (Å²) in [7, 11) is 0. The molecular formula is C12H12O6. The highest BCUT2D eigenvalue weighted by Gasteiger charge is 2.17. The predicted molar refractivity (Wildman–Crippen MR) is 61.6 cm³/mol. The summed E-state index contributed by atoms with van der Waals surface area (Å²) in [5.41, 5.74) is -0.242. The fraction of sp³-hybridized carbons (Fsp3) is 0.0833. The van der Waals surface area contributed by atoms with Gasteiger partial charge in [0.25, 0.3) is 0 Å². The van der Waals surface area contributed by atoms with E-state index in [4.69, 9.17) is 0 Å². The lowest BCUT2D eigenvalue weighted by atomic mass is 10.2. The summed E-state index contributed by atoms with van der Waals surface area (Å²) >= 11 is 0. The van der Waals surface area contributed by atoms with Crippen LogP contribution in [0.1, 0.15) is 6.42 Å². The molecule has 6 nitrogen and oxygen atoms in total. The number of hydrogen-bond donors (Lipinski definition) is 0. The van der Waals surface area contributed by atoms with Crippen LogP contribution in [0.3, 0.4) is 0 Å². The summed E-state index contributed by atoms with van der Waals surface area (Å²) in [5.74, 6) is -2.55. The Kier molecular flexibility index (Phi) is 7.27. The second-order valence-corrected chi connectivity index (χ2v) is 2.68. The van der Waals surface area contributed by atoms with Gasteiger partial charge in [-0.05, 0) is 0 Å². The van der Waals surface area contributed by atoms with Crippen molar-refractivity contribution in [3.05, 3.63) is 50.2 Å². The standard InChI is InChI=1S/C12H12O6/c1-4-16-10(13)7-9(12(15)18-6-3)8-11(14)17-5-2/h4-7H,1-3,8H2/b9-7+. The molecule has 6 heteroatoms. The third kappa shape index (κ3) is 6.06. The van der Waals surface area contributed by atoms with Gasteiger partial charge in [0.2, 0.25) is 0 Å². The molecule has 0 aliphatic heterocycles. The Morgan fingerprint density at radius 3 is 1.94 bits per heavy atom. The van der Waals surface area contributed by atoms with E-state index in [0.29, 0.717) is 0 Å². The molecule has 0 rings (SSSR count). The Morgan fingerprint density at radius 2 is 1.44 bits per heavy atom. The Hall–Kier alpha value is -2.63. The van der Waals surface area contributed by atoms with Crippen LogP contribution >= 0.6 is 0 Å². The van der Waals surface area contributed by atoms with Crippen LogP contribution in [0.4, 0.5) is 0 Å². The molecule has 96 valence electrons. The van der Waals surface area contributed by atoms with Gasteiger partial charge in [-0.3, -0.25) is 4.79 Å². The molecule has 18 heavy (non-hydrogen) atoms. The Balaban J connectivity index is 4.91. The highest BCUT2D eigenvalue weighted by Crippen LogP contribution is 2.07. The van der Waals surface area contributed by atoms with Crippen LogP contribution in [0, 0.1) is 0 Å². The molecule has 0 saturated heterocycles. The van der Waals surface area contributed by atoms with Crippen molar-refractivity contribution >= 4 is 17.9 Å². The monoisotopic (exact) mass is 252 g/mol. The van der Waals surface area contributed by atoms with Crippen molar-refractivity contribution in [1.82, 2.24) is 0 Å². The van der Waals surface area contributed by atoms with Gasteiger partial charge < -0.3 is 14.2 Å².